The number of rotatable bonds is 18. The number of aromatic nitrogens is 2. The summed E-state index contributed by atoms with van der Waals surface area (Å²) in [6.07, 6.45) is -2.03. The molecule has 16 nitrogen and oxygen atoms in total. The second-order valence-electron chi connectivity index (χ2n) is 15.7. The number of carbonyl (C=O) groups is 3. The third kappa shape index (κ3) is 10.4. The lowest BCUT2D eigenvalue weighted by atomic mass is 10.1. The number of nitriles is 1. The summed E-state index contributed by atoms with van der Waals surface area (Å²) in [7, 11) is -2.82. The lowest BCUT2D eigenvalue weighted by Crippen LogP contribution is -2.50. The first-order valence-electron chi connectivity index (χ1n) is 18.5. The van der Waals surface area contributed by atoms with Gasteiger partial charge in [0, 0.05) is 37.9 Å². The van der Waals surface area contributed by atoms with Gasteiger partial charge in [-0.1, -0.05) is 32.9 Å². The van der Waals surface area contributed by atoms with E-state index in [0.717, 1.165) is 4.90 Å². The van der Waals surface area contributed by atoms with E-state index in [0.29, 0.717) is 0 Å². The van der Waals surface area contributed by atoms with Crippen LogP contribution in [-0.2, 0) is 27.7 Å². The maximum Gasteiger partial charge on any atom is 0.330 e. The summed E-state index contributed by atoms with van der Waals surface area (Å²) < 4.78 is 36.3. The van der Waals surface area contributed by atoms with Crippen molar-refractivity contribution in [3.63, 3.8) is 0 Å². The fourth-order valence-corrected chi connectivity index (χ4v) is 9.08. The molecule has 1 N–H and O–H groups in total. The summed E-state index contributed by atoms with van der Waals surface area (Å²) in [6.45, 7) is 18.4. The SMILES string of the molecule is CC(C)N(C(C)C)P(OCCC#N)OC1[C@@H](O[Si](C)(C)C(C)(C)C)[C@H](n2ccc(=O)[nH]c2=O)O[C@@H]1COCCN(C)C(=O)CN1C(=O)c2ccccc2C1=O. The monoisotopic (exact) mass is 802 g/mol. The van der Waals surface area contributed by atoms with Crippen molar-refractivity contribution in [1.29, 1.82) is 5.26 Å². The second-order valence-corrected chi connectivity index (χ2v) is 21.8. The molecule has 1 fully saturated rings. The molecule has 18 heteroatoms. The van der Waals surface area contributed by atoms with Gasteiger partial charge < -0.3 is 27.8 Å². The summed E-state index contributed by atoms with van der Waals surface area (Å²) in [5.41, 5.74) is -0.711. The van der Waals surface area contributed by atoms with Crippen LogP contribution in [0.5, 0.6) is 0 Å². The Kier molecular flexibility index (Phi) is 14.9. The normalized spacial score (nSPS) is 20.8. The molecule has 2 aromatic rings. The van der Waals surface area contributed by atoms with Crippen molar-refractivity contribution in [1.82, 2.24) is 24.0 Å². The highest BCUT2D eigenvalue weighted by atomic mass is 31.2. The topological polar surface area (TPSA) is 186 Å². The summed E-state index contributed by atoms with van der Waals surface area (Å²) in [4.78, 5) is 68.7. The molecule has 3 heterocycles. The standard InChI is InChI=1S/C37H55N6O10PSi/c1-24(2)43(25(3)4)54(50-20-13-17-38)52-31-28(51-35(41-18-16-29(44)39-36(41)48)32(31)53-55(9,10)37(5,6)7)23-49-21-19-40(8)30(45)22-42-33(46)26-14-11-12-15-27(26)34(42)47/h11-12,14-16,18,24-25,28,31-32,35H,13,19-23H2,1-10H3,(H,39,44,48)/t28-,31?,32-,35-,54?/m1/s1. The number of fused-ring (bicyclic) bond motifs is 1. The van der Waals surface area contributed by atoms with Gasteiger partial charge in [0.25, 0.3) is 25.9 Å². The van der Waals surface area contributed by atoms with Crippen LogP contribution in [0.25, 0.3) is 0 Å². The van der Waals surface area contributed by atoms with Gasteiger partial charge in [-0.05, 0) is 58.0 Å². The minimum atomic E-state index is -2.58. The maximum atomic E-state index is 13.2. The van der Waals surface area contributed by atoms with Crippen LogP contribution in [0.15, 0.2) is 46.1 Å². The number of H-pyrrole nitrogens is 1. The van der Waals surface area contributed by atoms with Crippen molar-refractivity contribution in [3.05, 3.63) is 68.5 Å². The fraction of sp³-hybridized carbons (Fsp3) is 0.622. The van der Waals surface area contributed by atoms with Gasteiger partial charge in [0.1, 0.15) is 24.9 Å². The van der Waals surface area contributed by atoms with Gasteiger partial charge in [-0.2, -0.15) is 5.26 Å². The van der Waals surface area contributed by atoms with Crippen LogP contribution in [0.3, 0.4) is 0 Å². The lowest BCUT2D eigenvalue weighted by Gasteiger charge is -2.42. The van der Waals surface area contributed by atoms with Crippen LogP contribution < -0.4 is 11.2 Å². The number of benzene rings is 1. The molecule has 302 valence electrons. The molecule has 5 atom stereocenters. The van der Waals surface area contributed by atoms with Gasteiger partial charge >= 0.3 is 5.69 Å². The number of amides is 3. The van der Waals surface area contributed by atoms with E-state index < -0.39 is 76.9 Å². The number of aromatic amines is 1. The zero-order chi connectivity index (χ0) is 40.8. The van der Waals surface area contributed by atoms with Crippen molar-refractivity contribution in [2.45, 2.75) is 110 Å². The molecule has 0 spiro atoms. The first-order chi connectivity index (χ1) is 25.8. The molecule has 1 saturated heterocycles. The molecule has 4 rings (SSSR count). The largest absolute Gasteiger partial charge is 0.407 e. The number of carbonyl (C=O) groups excluding carboxylic acids is 3. The average Bonchev–Trinajstić information content (AvgIpc) is 3.54. The van der Waals surface area contributed by atoms with E-state index in [2.05, 4.69) is 49.6 Å². The number of imide groups is 1. The van der Waals surface area contributed by atoms with Gasteiger partial charge in [0.2, 0.25) is 5.91 Å². The molecule has 0 saturated carbocycles. The third-order valence-electron chi connectivity index (χ3n) is 9.97. The number of hydrogen-bond donors (Lipinski definition) is 1. The van der Waals surface area contributed by atoms with Crippen LogP contribution in [0.4, 0.5) is 0 Å². The molecule has 0 bridgehead atoms. The highest BCUT2D eigenvalue weighted by Gasteiger charge is 2.53. The molecule has 2 aliphatic rings. The molecule has 0 radical (unpaired) electrons. The Hall–Kier alpha value is -3.59. The second kappa shape index (κ2) is 18.6. The van der Waals surface area contributed by atoms with Crippen LogP contribution in [-0.4, -0.2) is 120 Å². The van der Waals surface area contributed by atoms with Gasteiger partial charge in [0.05, 0.1) is 43.4 Å². The summed E-state index contributed by atoms with van der Waals surface area (Å²) in [6, 6.07) is 9.80. The molecule has 2 unspecified atom stereocenters. The summed E-state index contributed by atoms with van der Waals surface area (Å²) >= 11 is 0. The number of likely N-dealkylation sites (N-methyl/N-ethyl adjacent to an activating group) is 1. The van der Waals surface area contributed by atoms with Gasteiger partial charge in [-0.3, -0.25) is 33.6 Å². The Morgan fingerprint density at radius 3 is 2.18 bits per heavy atom. The zero-order valence-corrected chi connectivity index (χ0v) is 35.3. The Morgan fingerprint density at radius 2 is 1.64 bits per heavy atom. The number of ether oxygens (including phenoxy) is 2. The Morgan fingerprint density at radius 1 is 1.02 bits per heavy atom. The van der Waals surface area contributed by atoms with Crippen molar-refractivity contribution in [2.75, 3.05) is 40.0 Å². The lowest BCUT2D eigenvalue weighted by molar-refractivity contribution is -0.131. The van der Waals surface area contributed by atoms with E-state index in [4.69, 9.17) is 22.9 Å². The van der Waals surface area contributed by atoms with E-state index in [1.165, 1.54) is 21.7 Å². The van der Waals surface area contributed by atoms with Crippen LogP contribution in [0.1, 0.15) is 81.8 Å². The van der Waals surface area contributed by atoms with Crippen LogP contribution >= 0.6 is 8.53 Å². The van der Waals surface area contributed by atoms with Crippen LogP contribution in [0.2, 0.25) is 18.1 Å². The minimum Gasteiger partial charge on any atom is -0.407 e. The molecular weight excluding hydrogens is 747 g/mol. The Bertz CT molecular complexity index is 1800. The van der Waals surface area contributed by atoms with Crippen LogP contribution in [0, 0.1) is 11.3 Å². The van der Waals surface area contributed by atoms with E-state index in [-0.39, 0.29) is 61.0 Å². The third-order valence-corrected chi connectivity index (χ3v) is 16.6. The molecular formula is C37H55N6O10PSi. The molecule has 1 aromatic carbocycles. The summed E-state index contributed by atoms with van der Waals surface area (Å²) in [5, 5.41) is 9.05. The predicted molar refractivity (Wildman–Crippen MR) is 208 cm³/mol. The maximum absolute atomic E-state index is 13.2. The molecule has 2 aliphatic heterocycles. The highest BCUT2D eigenvalue weighted by Crippen LogP contribution is 2.51. The minimum absolute atomic E-state index is 0.00372. The molecule has 0 aliphatic carbocycles. The Labute approximate surface area is 324 Å². The summed E-state index contributed by atoms with van der Waals surface area (Å²) in [5.74, 6) is -1.48. The van der Waals surface area contributed by atoms with Crippen molar-refractivity contribution >= 4 is 34.6 Å². The van der Waals surface area contributed by atoms with E-state index >= 15 is 0 Å². The smallest absolute Gasteiger partial charge is 0.330 e. The van der Waals surface area contributed by atoms with Crippen molar-refractivity contribution in [3.8, 4) is 6.07 Å². The molecule has 3 amide bonds. The van der Waals surface area contributed by atoms with Crippen molar-refractivity contribution in [2.24, 2.45) is 0 Å². The first kappa shape index (κ1) is 44.1. The van der Waals surface area contributed by atoms with E-state index in [1.54, 1.807) is 31.3 Å². The van der Waals surface area contributed by atoms with E-state index in [9.17, 15) is 29.2 Å². The van der Waals surface area contributed by atoms with Gasteiger partial charge in [0.15, 0.2) is 14.5 Å². The highest BCUT2D eigenvalue weighted by molar-refractivity contribution is 7.44. The quantitative estimate of drug-likeness (QED) is 0.0979. The first-order valence-corrected chi connectivity index (χ1v) is 22.5. The van der Waals surface area contributed by atoms with E-state index in [1.807, 2.05) is 27.7 Å². The number of nitrogens with zero attached hydrogens (tertiary/aromatic N) is 5. The Balaban J connectivity index is 1.59. The molecule has 1 aromatic heterocycles. The zero-order valence-electron chi connectivity index (χ0n) is 33.4. The van der Waals surface area contributed by atoms with Gasteiger partial charge in [-0.15, -0.1) is 0 Å². The van der Waals surface area contributed by atoms with Gasteiger partial charge in [-0.25, -0.2) is 9.46 Å². The molecule has 55 heavy (non-hydrogen) atoms. The van der Waals surface area contributed by atoms with Crippen molar-refractivity contribution < 1.29 is 37.3 Å². The average molecular weight is 803 g/mol. The number of hydrogen-bond acceptors (Lipinski definition) is 12. The fourth-order valence-electron chi connectivity index (χ4n) is 6.03. The predicted octanol–water partition coefficient (Wildman–Crippen LogP) is 4.26. The number of nitrogens with one attached hydrogen (secondary N) is 1.